The number of rotatable bonds is 8. The minimum Gasteiger partial charge on any atom is -0.497 e. The third-order valence-electron chi connectivity index (χ3n) is 6.93. The molecule has 3 aromatic heterocycles. The number of alkyl halides is 3. The van der Waals surface area contributed by atoms with Crippen molar-refractivity contribution >= 4 is 38.7 Å². The molecule has 0 aliphatic carbocycles. The molecule has 0 radical (unpaired) electrons. The van der Waals surface area contributed by atoms with Gasteiger partial charge in [0.2, 0.25) is 0 Å². The molecule has 0 spiro atoms. The van der Waals surface area contributed by atoms with Gasteiger partial charge in [-0.25, -0.2) is 4.98 Å². The molecular formula is C31H24F3N3O5. The number of hydrogen-bond donors (Lipinski definition) is 3. The quantitative estimate of drug-likeness (QED) is 0.195. The van der Waals surface area contributed by atoms with Crippen molar-refractivity contribution in [3.63, 3.8) is 0 Å². The van der Waals surface area contributed by atoms with E-state index in [1.807, 2.05) is 30.5 Å². The molecule has 42 heavy (non-hydrogen) atoms. The summed E-state index contributed by atoms with van der Waals surface area (Å²) >= 11 is 0. The van der Waals surface area contributed by atoms with Crippen LogP contribution in [-0.2, 0) is 6.42 Å². The van der Waals surface area contributed by atoms with Crippen LogP contribution in [0.4, 0.5) is 13.2 Å². The molecule has 6 rings (SSSR count). The van der Waals surface area contributed by atoms with Gasteiger partial charge in [0.1, 0.15) is 22.8 Å². The van der Waals surface area contributed by atoms with Crippen LogP contribution < -0.4 is 14.8 Å². The van der Waals surface area contributed by atoms with Crippen LogP contribution in [0.1, 0.15) is 15.9 Å². The number of aliphatic hydroxyl groups is 1. The molecule has 3 heterocycles. The second-order valence-corrected chi connectivity index (χ2v) is 9.71. The predicted octanol–water partition coefficient (Wildman–Crippen LogP) is 6.37. The van der Waals surface area contributed by atoms with Crippen molar-refractivity contribution in [2.45, 2.75) is 18.8 Å². The Labute approximate surface area is 236 Å². The van der Waals surface area contributed by atoms with Gasteiger partial charge >= 0.3 is 6.36 Å². The number of nitrogens with zero attached hydrogens (tertiary/aromatic N) is 1. The van der Waals surface area contributed by atoms with Gasteiger partial charge in [0, 0.05) is 27.9 Å². The molecule has 0 bridgehead atoms. The molecule has 8 nitrogen and oxygen atoms in total. The fourth-order valence-corrected chi connectivity index (χ4v) is 4.98. The van der Waals surface area contributed by atoms with E-state index in [-0.39, 0.29) is 23.7 Å². The first-order valence-corrected chi connectivity index (χ1v) is 13.0. The van der Waals surface area contributed by atoms with E-state index in [4.69, 9.17) is 9.15 Å². The third-order valence-corrected chi connectivity index (χ3v) is 6.93. The maximum atomic E-state index is 13.7. The number of ether oxygens (including phenoxy) is 2. The monoisotopic (exact) mass is 575 g/mol. The number of carbonyl (C=O) groups is 1. The summed E-state index contributed by atoms with van der Waals surface area (Å²) in [5, 5.41) is 14.9. The summed E-state index contributed by atoms with van der Waals surface area (Å²) in [6.45, 7) is -0.295. The number of aromatic amines is 1. The number of amides is 1. The highest BCUT2D eigenvalue weighted by Crippen LogP contribution is 2.34. The normalized spacial score (nSPS) is 12.6. The van der Waals surface area contributed by atoms with Gasteiger partial charge in [0.05, 0.1) is 30.8 Å². The molecule has 0 saturated heterocycles. The molecule has 3 N–H and O–H groups in total. The molecule has 0 unspecified atom stereocenters. The van der Waals surface area contributed by atoms with Crippen LogP contribution in [0.15, 0.2) is 83.4 Å². The Hall–Kier alpha value is -5.03. The Morgan fingerprint density at radius 2 is 1.86 bits per heavy atom. The summed E-state index contributed by atoms with van der Waals surface area (Å²) in [5.74, 6) is -0.0676. The summed E-state index contributed by atoms with van der Waals surface area (Å²) in [5.41, 5.74) is 3.24. The van der Waals surface area contributed by atoms with E-state index < -0.39 is 18.3 Å². The summed E-state index contributed by atoms with van der Waals surface area (Å²) < 4.78 is 53.4. The number of carbonyl (C=O) groups excluding carboxylic acids is 1. The zero-order valence-electron chi connectivity index (χ0n) is 22.2. The van der Waals surface area contributed by atoms with Gasteiger partial charge in [0.15, 0.2) is 5.76 Å². The van der Waals surface area contributed by atoms with Gasteiger partial charge in [0.25, 0.3) is 5.91 Å². The molecule has 0 aliphatic rings. The topological polar surface area (TPSA) is 110 Å². The molecule has 0 aliphatic heterocycles. The molecule has 6 aromatic rings. The lowest BCUT2D eigenvalue weighted by atomic mass is 10.0. The van der Waals surface area contributed by atoms with Crippen LogP contribution in [0.5, 0.6) is 11.5 Å². The van der Waals surface area contributed by atoms with Crippen molar-refractivity contribution in [3.05, 3.63) is 90.1 Å². The van der Waals surface area contributed by atoms with Crippen LogP contribution in [0.3, 0.4) is 0 Å². The average Bonchev–Trinajstić information content (AvgIpc) is 3.59. The summed E-state index contributed by atoms with van der Waals surface area (Å²) in [7, 11) is 1.51. The maximum Gasteiger partial charge on any atom is 0.573 e. The van der Waals surface area contributed by atoms with Crippen molar-refractivity contribution in [1.82, 2.24) is 15.3 Å². The van der Waals surface area contributed by atoms with Gasteiger partial charge in [-0.15, -0.1) is 13.2 Å². The fourth-order valence-electron chi connectivity index (χ4n) is 4.98. The first-order chi connectivity index (χ1) is 20.2. The average molecular weight is 576 g/mol. The Kier molecular flexibility index (Phi) is 6.95. The SMILES string of the molecule is COc1ccc2nc(-c3cc4cc(OC(F)(F)F)ccc4o3)cc(C(=O)N[C@@H](CO)Cc3c[nH]c4ccccc34)c2c1. The van der Waals surface area contributed by atoms with Crippen LogP contribution in [0.2, 0.25) is 0 Å². The standard InChI is InChI=1S/C31H24F3N3O5/c1-40-20-6-8-26-23(13-20)24(30(39)36-19(16-38)10-18-15-35-25-5-3-2-4-22(18)25)14-27(37-26)29-12-17-11-21(42-31(32,33)34)7-9-28(17)41-29/h2-9,11-15,19,35,38H,10,16H2,1H3,(H,36,39)/t19-/m1/s1. The molecule has 1 atom stereocenters. The molecule has 11 heteroatoms. The van der Waals surface area contributed by atoms with Crippen molar-refractivity contribution in [2.24, 2.45) is 0 Å². The van der Waals surface area contributed by atoms with Crippen molar-refractivity contribution in [3.8, 4) is 23.0 Å². The zero-order valence-corrected chi connectivity index (χ0v) is 22.2. The first-order valence-electron chi connectivity index (χ1n) is 13.0. The number of pyridine rings is 1. The molecular weight excluding hydrogens is 551 g/mol. The Morgan fingerprint density at radius 3 is 2.64 bits per heavy atom. The number of fused-ring (bicyclic) bond motifs is 3. The van der Waals surface area contributed by atoms with Crippen LogP contribution >= 0.6 is 0 Å². The van der Waals surface area contributed by atoms with E-state index in [2.05, 4.69) is 20.0 Å². The largest absolute Gasteiger partial charge is 0.573 e. The molecule has 214 valence electrons. The lowest BCUT2D eigenvalue weighted by molar-refractivity contribution is -0.274. The highest BCUT2D eigenvalue weighted by molar-refractivity contribution is 6.07. The number of para-hydroxylation sites is 1. The minimum absolute atomic E-state index is 0.249. The van der Waals surface area contributed by atoms with Crippen LogP contribution in [0.25, 0.3) is 44.2 Å². The third kappa shape index (κ3) is 5.46. The van der Waals surface area contributed by atoms with Gasteiger partial charge in [-0.05, 0) is 66.6 Å². The van der Waals surface area contributed by atoms with Gasteiger partial charge in [-0.1, -0.05) is 18.2 Å². The molecule has 0 saturated carbocycles. The van der Waals surface area contributed by atoms with E-state index in [9.17, 15) is 23.1 Å². The number of methoxy groups -OCH3 is 1. The van der Waals surface area contributed by atoms with Crippen molar-refractivity contribution in [2.75, 3.05) is 13.7 Å². The highest BCUT2D eigenvalue weighted by atomic mass is 19.4. The van der Waals surface area contributed by atoms with Crippen LogP contribution in [0, 0.1) is 0 Å². The van der Waals surface area contributed by atoms with Crippen molar-refractivity contribution in [1.29, 1.82) is 0 Å². The van der Waals surface area contributed by atoms with Gasteiger partial charge in [-0.3, -0.25) is 4.79 Å². The lowest BCUT2D eigenvalue weighted by Crippen LogP contribution is -2.39. The van der Waals surface area contributed by atoms with Crippen LogP contribution in [-0.4, -0.2) is 47.1 Å². The van der Waals surface area contributed by atoms with E-state index in [1.165, 1.54) is 25.3 Å². The molecule has 0 fully saturated rings. The molecule has 3 aromatic carbocycles. The Bertz CT molecular complexity index is 1930. The van der Waals surface area contributed by atoms with E-state index in [0.29, 0.717) is 39.7 Å². The van der Waals surface area contributed by atoms with E-state index in [0.717, 1.165) is 22.5 Å². The number of aliphatic hydroxyl groups excluding tert-OH is 1. The van der Waals surface area contributed by atoms with E-state index >= 15 is 0 Å². The zero-order chi connectivity index (χ0) is 29.4. The summed E-state index contributed by atoms with van der Waals surface area (Å²) in [6, 6.07) is 19.1. The summed E-state index contributed by atoms with van der Waals surface area (Å²) in [6.07, 6.45) is -2.58. The minimum atomic E-state index is -4.83. The summed E-state index contributed by atoms with van der Waals surface area (Å²) in [4.78, 5) is 21.5. The second-order valence-electron chi connectivity index (χ2n) is 9.71. The maximum absolute atomic E-state index is 13.7. The molecule has 1 amide bonds. The number of halogens is 3. The van der Waals surface area contributed by atoms with Gasteiger partial charge in [-0.2, -0.15) is 0 Å². The highest BCUT2D eigenvalue weighted by Gasteiger charge is 2.31. The number of furan rings is 1. The number of nitrogens with one attached hydrogen (secondary N) is 2. The smallest absolute Gasteiger partial charge is 0.497 e. The lowest BCUT2D eigenvalue weighted by Gasteiger charge is -2.17. The Morgan fingerprint density at radius 1 is 1.05 bits per heavy atom. The number of aromatic nitrogens is 2. The van der Waals surface area contributed by atoms with Gasteiger partial charge < -0.3 is 29.3 Å². The number of H-pyrrole nitrogens is 1. The Balaban J connectivity index is 1.36. The predicted molar refractivity (Wildman–Crippen MR) is 151 cm³/mol. The first kappa shape index (κ1) is 27.2. The number of benzene rings is 3. The second kappa shape index (κ2) is 10.7. The number of hydrogen-bond acceptors (Lipinski definition) is 6. The fraction of sp³-hybridized carbons (Fsp3) is 0.161. The van der Waals surface area contributed by atoms with E-state index in [1.54, 1.807) is 24.3 Å². The van der Waals surface area contributed by atoms with Crippen molar-refractivity contribution < 1.29 is 37.0 Å².